The summed E-state index contributed by atoms with van der Waals surface area (Å²) in [5.41, 5.74) is 0.998. The van der Waals surface area contributed by atoms with Gasteiger partial charge in [-0.3, -0.25) is 0 Å². The largest absolute Gasteiger partial charge is 0.444 e. The van der Waals surface area contributed by atoms with Crippen LogP contribution in [0.3, 0.4) is 0 Å². The molecular weight excluding hydrogens is 415 g/mol. The second-order valence-corrected chi connectivity index (χ2v) is 8.43. The number of ether oxygens (including phenoxy) is 2. The van der Waals surface area contributed by atoms with Gasteiger partial charge in [-0.2, -0.15) is 0 Å². The summed E-state index contributed by atoms with van der Waals surface area (Å²) in [4.78, 5) is 22.4. The lowest BCUT2D eigenvalue weighted by Crippen LogP contribution is -2.49. The lowest BCUT2D eigenvalue weighted by Gasteiger charge is -2.34. The van der Waals surface area contributed by atoms with Gasteiger partial charge in [0.2, 0.25) is 5.28 Å². The minimum absolute atomic E-state index is 0.128. The van der Waals surface area contributed by atoms with E-state index in [0.717, 1.165) is 11.1 Å². The van der Waals surface area contributed by atoms with Crippen molar-refractivity contribution in [2.24, 2.45) is 0 Å². The third kappa shape index (κ3) is 5.95. The van der Waals surface area contributed by atoms with Crippen molar-refractivity contribution in [1.82, 2.24) is 14.9 Å². The quantitative estimate of drug-likeness (QED) is 0.708. The van der Waals surface area contributed by atoms with Gasteiger partial charge in [0.05, 0.1) is 19.3 Å². The molecule has 3 rings (SSSR count). The Kier molecular flexibility index (Phi) is 6.82. The van der Waals surface area contributed by atoms with Crippen LogP contribution in [0.15, 0.2) is 30.5 Å². The summed E-state index contributed by atoms with van der Waals surface area (Å²) in [6.45, 7) is 7.33. The Hall–Kier alpha value is -2.09. The zero-order valence-corrected chi connectivity index (χ0v) is 18.1. The summed E-state index contributed by atoms with van der Waals surface area (Å²) in [6.07, 6.45) is 1.07. The standard InChI is InChI=1S/C20H24Cl2N4O3/c1-20(2,3)29-19(27)26-8-9-28-13(12-26)10-23-17-15(11-24-18(22)25-17)14-6-4-5-7-16(14)21/h4-7,11,13H,8-10,12H2,1-3H3,(H,23,24,25). The van der Waals surface area contributed by atoms with E-state index in [0.29, 0.717) is 37.1 Å². The highest BCUT2D eigenvalue weighted by Gasteiger charge is 2.28. The summed E-state index contributed by atoms with van der Waals surface area (Å²) in [5, 5.41) is 3.98. The molecular formula is C20H24Cl2N4O3. The van der Waals surface area contributed by atoms with Crippen molar-refractivity contribution in [3.63, 3.8) is 0 Å². The predicted octanol–water partition coefficient (Wildman–Crippen LogP) is 4.50. The maximum Gasteiger partial charge on any atom is 0.410 e. The average molecular weight is 439 g/mol. The highest BCUT2D eigenvalue weighted by atomic mass is 35.5. The minimum atomic E-state index is -0.537. The van der Waals surface area contributed by atoms with Crippen molar-refractivity contribution in [3.05, 3.63) is 40.8 Å². The molecule has 1 fully saturated rings. The molecule has 1 unspecified atom stereocenters. The SMILES string of the molecule is CC(C)(C)OC(=O)N1CCOC(CNc2nc(Cl)ncc2-c2ccccc2Cl)C1. The third-order valence-corrected chi connectivity index (χ3v) is 4.72. The van der Waals surface area contributed by atoms with Crippen molar-refractivity contribution >= 4 is 35.1 Å². The van der Waals surface area contributed by atoms with Crippen molar-refractivity contribution < 1.29 is 14.3 Å². The summed E-state index contributed by atoms with van der Waals surface area (Å²) in [6, 6.07) is 7.44. The van der Waals surface area contributed by atoms with Crippen LogP contribution in [0.25, 0.3) is 11.1 Å². The Labute approximate surface area is 180 Å². The molecule has 2 aromatic rings. The molecule has 2 heterocycles. The van der Waals surface area contributed by atoms with Gasteiger partial charge in [0, 0.05) is 35.4 Å². The van der Waals surface area contributed by atoms with Gasteiger partial charge in [0.15, 0.2) is 0 Å². The van der Waals surface area contributed by atoms with Gasteiger partial charge in [0.1, 0.15) is 11.4 Å². The van der Waals surface area contributed by atoms with Crippen LogP contribution in [-0.2, 0) is 9.47 Å². The molecule has 0 bridgehead atoms. The molecule has 1 aliphatic rings. The van der Waals surface area contributed by atoms with Crippen molar-refractivity contribution in [1.29, 1.82) is 0 Å². The Morgan fingerprint density at radius 3 is 2.79 bits per heavy atom. The number of carbonyl (C=O) groups is 1. The van der Waals surface area contributed by atoms with E-state index >= 15 is 0 Å². The van der Waals surface area contributed by atoms with Crippen LogP contribution >= 0.6 is 23.2 Å². The van der Waals surface area contributed by atoms with Crippen LogP contribution in [0, 0.1) is 0 Å². The molecule has 1 aromatic heterocycles. The van der Waals surface area contributed by atoms with E-state index in [9.17, 15) is 4.79 Å². The van der Waals surface area contributed by atoms with Crippen LogP contribution in [-0.4, -0.2) is 58.9 Å². The zero-order valence-electron chi connectivity index (χ0n) is 16.6. The fraction of sp³-hybridized carbons (Fsp3) is 0.450. The molecule has 29 heavy (non-hydrogen) atoms. The van der Waals surface area contributed by atoms with Crippen LogP contribution in [0.2, 0.25) is 10.3 Å². The first-order valence-electron chi connectivity index (χ1n) is 9.34. The lowest BCUT2D eigenvalue weighted by molar-refractivity contribution is -0.0371. The van der Waals surface area contributed by atoms with Gasteiger partial charge in [-0.15, -0.1) is 0 Å². The van der Waals surface area contributed by atoms with E-state index in [1.807, 2.05) is 39.0 Å². The highest BCUT2D eigenvalue weighted by Crippen LogP contribution is 2.32. The van der Waals surface area contributed by atoms with Gasteiger partial charge in [-0.05, 0) is 38.4 Å². The molecule has 156 valence electrons. The van der Waals surface area contributed by atoms with E-state index < -0.39 is 5.60 Å². The Balaban J connectivity index is 1.69. The number of hydrogen-bond acceptors (Lipinski definition) is 6. The third-order valence-electron chi connectivity index (χ3n) is 4.21. The molecule has 1 saturated heterocycles. The van der Waals surface area contributed by atoms with Gasteiger partial charge in [-0.1, -0.05) is 29.8 Å². The smallest absolute Gasteiger partial charge is 0.410 e. The Morgan fingerprint density at radius 1 is 1.31 bits per heavy atom. The van der Waals surface area contributed by atoms with E-state index in [1.54, 1.807) is 17.2 Å². The molecule has 0 aliphatic carbocycles. The van der Waals surface area contributed by atoms with Gasteiger partial charge >= 0.3 is 6.09 Å². The molecule has 0 radical (unpaired) electrons. The molecule has 1 aromatic carbocycles. The Morgan fingerprint density at radius 2 is 2.07 bits per heavy atom. The number of nitrogens with one attached hydrogen (secondary N) is 1. The van der Waals surface area contributed by atoms with Crippen molar-refractivity contribution in [2.45, 2.75) is 32.5 Å². The molecule has 0 saturated carbocycles. The molecule has 1 amide bonds. The van der Waals surface area contributed by atoms with Crippen LogP contribution < -0.4 is 5.32 Å². The number of nitrogens with zero attached hydrogens (tertiary/aromatic N) is 3. The number of carbonyl (C=O) groups excluding carboxylic acids is 1. The number of morpholine rings is 1. The van der Waals surface area contributed by atoms with Crippen LogP contribution in [0.5, 0.6) is 0 Å². The van der Waals surface area contributed by atoms with Gasteiger partial charge in [-0.25, -0.2) is 14.8 Å². The lowest BCUT2D eigenvalue weighted by atomic mass is 10.1. The number of anilines is 1. The fourth-order valence-electron chi connectivity index (χ4n) is 2.92. The monoisotopic (exact) mass is 438 g/mol. The number of rotatable bonds is 4. The number of benzene rings is 1. The van der Waals surface area contributed by atoms with E-state index in [4.69, 9.17) is 32.7 Å². The average Bonchev–Trinajstić information content (AvgIpc) is 2.66. The number of halogens is 2. The van der Waals surface area contributed by atoms with E-state index in [1.165, 1.54) is 0 Å². The second kappa shape index (κ2) is 9.15. The maximum atomic E-state index is 12.3. The summed E-state index contributed by atoms with van der Waals surface area (Å²) < 4.78 is 11.2. The molecule has 0 spiro atoms. The molecule has 9 heteroatoms. The molecule has 1 atom stereocenters. The van der Waals surface area contributed by atoms with Crippen molar-refractivity contribution in [3.8, 4) is 11.1 Å². The van der Waals surface area contributed by atoms with Crippen LogP contribution in [0.1, 0.15) is 20.8 Å². The first-order valence-corrected chi connectivity index (χ1v) is 10.1. The Bertz CT molecular complexity index is 873. The maximum absolute atomic E-state index is 12.3. The first-order chi connectivity index (χ1) is 13.7. The molecule has 1 N–H and O–H groups in total. The fourth-order valence-corrected chi connectivity index (χ4v) is 3.29. The predicted molar refractivity (Wildman–Crippen MR) is 114 cm³/mol. The zero-order chi connectivity index (χ0) is 21.0. The van der Waals surface area contributed by atoms with E-state index in [-0.39, 0.29) is 17.5 Å². The number of hydrogen-bond donors (Lipinski definition) is 1. The second-order valence-electron chi connectivity index (χ2n) is 7.68. The summed E-state index contributed by atoms with van der Waals surface area (Å²) in [5.74, 6) is 0.552. The van der Waals surface area contributed by atoms with Gasteiger partial charge < -0.3 is 19.7 Å². The summed E-state index contributed by atoms with van der Waals surface area (Å²) >= 11 is 12.3. The van der Waals surface area contributed by atoms with E-state index in [2.05, 4.69) is 15.3 Å². The van der Waals surface area contributed by atoms with Crippen LogP contribution in [0.4, 0.5) is 10.6 Å². The molecule has 7 nitrogen and oxygen atoms in total. The summed E-state index contributed by atoms with van der Waals surface area (Å²) in [7, 11) is 0. The highest BCUT2D eigenvalue weighted by molar-refractivity contribution is 6.33. The number of amides is 1. The normalized spacial score (nSPS) is 17.1. The molecule has 1 aliphatic heterocycles. The van der Waals surface area contributed by atoms with Crippen molar-refractivity contribution in [2.75, 3.05) is 31.6 Å². The minimum Gasteiger partial charge on any atom is -0.444 e. The topological polar surface area (TPSA) is 76.6 Å². The number of aromatic nitrogens is 2. The first kappa shape index (κ1) is 21.6. The van der Waals surface area contributed by atoms with Gasteiger partial charge in [0.25, 0.3) is 0 Å².